The molecular weight excluding hydrogens is 337 g/mol. The molecule has 0 bridgehead atoms. The molecule has 2 rings (SSSR count). The van der Waals surface area contributed by atoms with Crippen LogP contribution in [0.4, 0.5) is 10.1 Å². The van der Waals surface area contributed by atoms with Crippen LogP contribution in [-0.2, 0) is 9.53 Å². The van der Waals surface area contributed by atoms with Gasteiger partial charge in [0.25, 0.3) is 5.91 Å². The van der Waals surface area contributed by atoms with Gasteiger partial charge in [0, 0.05) is 11.3 Å². The van der Waals surface area contributed by atoms with Crippen LogP contribution in [0.5, 0.6) is 5.75 Å². The Balaban J connectivity index is 1.93. The van der Waals surface area contributed by atoms with E-state index in [1.165, 1.54) is 24.3 Å². The molecule has 0 aromatic heterocycles. The lowest BCUT2D eigenvalue weighted by Crippen LogP contribution is -2.29. The number of halogens is 1. The maximum absolute atomic E-state index is 12.9. The van der Waals surface area contributed by atoms with Gasteiger partial charge in [-0.05, 0) is 68.8 Å². The van der Waals surface area contributed by atoms with Crippen LogP contribution in [0.1, 0.15) is 37.6 Å². The van der Waals surface area contributed by atoms with Gasteiger partial charge in [0.05, 0.1) is 6.10 Å². The van der Waals surface area contributed by atoms with Gasteiger partial charge in [-0.3, -0.25) is 4.79 Å². The normalized spacial score (nSPS) is 12.8. The third kappa shape index (κ3) is 5.58. The van der Waals surface area contributed by atoms with Gasteiger partial charge in [-0.1, -0.05) is 6.92 Å². The zero-order valence-electron chi connectivity index (χ0n) is 15.0. The third-order valence-corrected chi connectivity index (χ3v) is 3.76. The van der Waals surface area contributed by atoms with Gasteiger partial charge in [0.1, 0.15) is 11.6 Å². The van der Waals surface area contributed by atoms with E-state index in [1.807, 2.05) is 13.8 Å². The Morgan fingerprint density at radius 1 is 1.04 bits per heavy atom. The molecule has 6 heteroatoms. The zero-order valence-corrected chi connectivity index (χ0v) is 15.0. The first-order valence-electron chi connectivity index (χ1n) is 8.43. The van der Waals surface area contributed by atoms with Crippen LogP contribution >= 0.6 is 0 Å². The summed E-state index contributed by atoms with van der Waals surface area (Å²) in [5.74, 6) is -0.674. The van der Waals surface area contributed by atoms with Gasteiger partial charge in [-0.15, -0.1) is 0 Å². The molecule has 2 atom stereocenters. The number of ether oxygens (including phenoxy) is 2. The van der Waals surface area contributed by atoms with Crippen molar-refractivity contribution in [3.05, 3.63) is 59.9 Å². The molecule has 0 aliphatic rings. The van der Waals surface area contributed by atoms with Gasteiger partial charge in [-0.2, -0.15) is 0 Å². The SMILES string of the molecule is CCC(C)OC(=O)C(C)Oc1ccc(C(=O)Nc2ccc(F)cc2)cc1. The summed E-state index contributed by atoms with van der Waals surface area (Å²) in [5.41, 5.74) is 0.912. The second-order valence-electron chi connectivity index (χ2n) is 5.90. The Labute approximate surface area is 152 Å². The van der Waals surface area contributed by atoms with Crippen LogP contribution in [0, 0.1) is 5.82 Å². The van der Waals surface area contributed by atoms with Gasteiger partial charge in [0.15, 0.2) is 6.10 Å². The minimum absolute atomic E-state index is 0.161. The average Bonchev–Trinajstić information content (AvgIpc) is 2.63. The molecule has 2 aromatic rings. The van der Waals surface area contributed by atoms with Gasteiger partial charge >= 0.3 is 5.97 Å². The number of anilines is 1. The van der Waals surface area contributed by atoms with Crippen molar-refractivity contribution in [2.24, 2.45) is 0 Å². The summed E-state index contributed by atoms with van der Waals surface area (Å²) in [5, 5.41) is 2.67. The van der Waals surface area contributed by atoms with E-state index in [0.717, 1.165) is 6.42 Å². The molecule has 1 N–H and O–H groups in total. The van der Waals surface area contributed by atoms with E-state index < -0.39 is 12.1 Å². The number of hydrogen-bond acceptors (Lipinski definition) is 4. The molecule has 0 saturated heterocycles. The molecule has 0 saturated carbocycles. The van der Waals surface area contributed by atoms with Crippen LogP contribution < -0.4 is 10.1 Å². The maximum Gasteiger partial charge on any atom is 0.347 e. The molecule has 0 aliphatic carbocycles. The summed E-state index contributed by atoms with van der Waals surface area (Å²) in [6, 6.07) is 11.9. The van der Waals surface area contributed by atoms with Crippen LogP contribution in [-0.4, -0.2) is 24.1 Å². The summed E-state index contributed by atoms with van der Waals surface area (Å²) in [4.78, 5) is 24.1. The molecule has 2 aromatic carbocycles. The highest BCUT2D eigenvalue weighted by Crippen LogP contribution is 2.16. The Bertz CT molecular complexity index is 743. The van der Waals surface area contributed by atoms with Crippen molar-refractivity contribution in [1.82, 2.24) is 0 Å². The number of amides is 1. The lowest BCUT2D eigenvalue weighted by molar-refractivity contribution is -0.155. The summed E-state index contributed by atoms with van der Waals surface area (Å²) in [6.07, 6.45) is -0.176. The largest absolute Gasteiger partial charge is 0.479 e. The number of carbonyl (C=O) groups excluding carboxylic acids is 2. The fourth-order valence-corrected chi connectivity index (χ4v) is 2.05. The van der Waals surface area contributed by atoms with Crippen LogP contribution in [0.3, 0.4) is 0 Å². The summed E-state index contributed by atoms with van der Waals surface area (Å²) < 4.78 is 23.6. The minimum atomic E-state index is -0.747. The molecular formula is C20H22FNO4. The van der Waals surface area contributed by atoms with Gasteiger partial charge in [0.2, 0.25) is 0 Å². The third-order valence-electron chi connectivity index (χ3n) is 3.76. The molecule has 5 nitrogen and oxygen atoms in total. The minimum Gasteiger partial charge on any atom is -0.479 e. The highest BCUT2D eigenvalue weighted by Gasteiger charge is 2.18. The lowest BCUT2D eigenvalue weighted by atomic mass is 10.2. The van der Waals surface area contributed by atoms with Crippen LogP contribution in [0.15, 0.2) is 48.5 Å². The van der Waals surface area contributed by atoms with E-state index in [0.29, 0.717) is 17.0 Å². The average molecular weight is 359 g/mol. The van der Waals surface area contributed by atoms with E-state index in [9.17, 15) is 14.0 Å². The molecule has 2 unspecified atom stereocenters. The van der Waals surface area contributed by atoms with Crippen molar-refractivity contribution in [2.75, 3.05) is 5.32 Å². The smallest absolute Gasteiger partial charge is 0.347 e. The molecule has 0 radical (unpaired) electrons. The predicted octanol–water partition coefficient (Wildman–Crippen LogP) is 4.19. The Morgan fingerprint density at radius 3 is 2.23 bits per heavy atom. The molecule has 26 heavy (non-hydrogen) atoms. The van der Waals surface area contributed by atoms with Crippen LogP contribution in [0.2, 0.25) is 0 Å². The predicted molar refractivity (Wildman–Crippen MR) is 96.7 cm³/mol. The molecule has 0 spiro atoms. The Kier molecular flexibility index (Phi) is 6.72. The molecule has 0 fully saturated rings. The quantitative estimate of drug-likeness (QED) is 0.753. The van der Waals surface area contributed by atoms with E-state index in [2.05, 4.69) is 5.32 Å². The topological polar surface area (TPSA) is 64.6 Å². The summed E-state index contributed by atoms with van der Waals surface area (Å²) >= 11 is 0. The monoisotopic (exact) mass is 359 g/mol. The Morgan fingerprint density at radius 2 is 1.65 bits per heavy atom. The highest BCUT2D eigenvalue weighted by molar-refractivity contribution is 6.04. The zero-order chi connectivity index (χ0) is 19.1. The lowest BCUT2D eigenvalue weighted by Gasteiger charge is -2.17. The highest BCUT2D eigenvalue weighted by atomic mass is 19.1. The van der Waals surface area contributed by atoms with E-state index in [1.54, 1.807) is 31.2 Å². The first-order valence-corrected chi connectivity index (χ1v) is 8.43. The van der Waals surface area contributed by atoms with E-state index in [4.69, 9.17) is 9.47 Å². The van der Waals surface area contributed by atoms with E-state index >= 15 is 0 Å². The van der Waals surface area contributed by atoms with Crippen molar-refractivity contribution in [2.45, 2.75) is 39.4 Å². The second kappa shape index (κ2) is 8.99. The number of carbonyl (C=O) groups is 2. The van der Waals surface area contributed by atoms with E-state index in [-0.39, 0.29) is 17.8 Å². The van der Waals surface area contributed by atoms with Crippen molar-refractivity contribution < 1.29 is 23.5 Å². The molecule has 0 heterocycles. The fraction of sp³-hybridized carbons (Fsp3) is 0.300. The number of rotatable bonds is 7. The second-order valence-corrected chi connectivity index (χ2v) is 5.90. The number of nitrogens with one attached hydrogen (secondary N) is 1. The first-order chi connectivity index (χ1) is 12.4. The standard InChI is InChI=1S/C20H22FNO4/c1-4-13(2)25-20(24)14(3)26-18-11-5-15(6-12-18)19(23)22-17-9-7-16(21)8-10-17/h5-14H,4H2,1-3H3,(H,22,23). The number of esters is 1. The molecule has 1 amide bonds. The van der Waals surface area contributed by atoms with Gasteiger partial charge < -0.3 is 14.8 Å². The fourth-order valence-electron chi connectivity index (χ4n) is 2.05. The molecule has 0 aliphatic heterocycles. The maximum atomic E-state index is 12.9. The Hall–Kier alpha value is -2.89. The van der Waals surface area contributed by atoms with Crippen LogP contribution in [0.25, 0.3) is 0 Å². The number of benzene rings is 2. The molecule has 138 valence electrons. The van der Waals surface area contributed by atoms with Crippen molar-refractivity contribution in [1.29, 1.82) is 0 Å². The summed E-state index contributed by atoms with van der Waals surface area (Å²) in [7, 11) is 0. The first kappa shape index (κ1) is 19.4. The number of hydrogen-bond donors (Lipinski definition) is 1. The van der Waals surface area contributed by atoms with Crippen molar-refractivity contribution in [3.63, 3.8) is 0 Å². The van der Waals surface area contributed by atoms with Crippen molar-refractivity contribution >= 4 is 17.6 Å². The van der Waals surface area contributed by atoms with Crippen molar-refractivity contribution in [3.8, 4) is 5.75 Å². The van der Waals surface area contributed by atoms with Gasteiger partial charge in [-0.25, -0.2) is 9.18 Å². The summed E-state index contributed by atoms with van der Waals surface area (Å²) in [6.45, 7) is 5.36.